The van der Waals surface area contributed by atoms with E-state index in [-0.39, 0.29) is 5.75 Å². The maximum absolute atomic E-state index is 12.5. The molecule has 0 amide bonds. The van der Waals surface area contributed by atoms with Gasteiger partial charge in [-0.1, -0.05) is 0 Å². The smallest absolute Gasteiger partial charge is 0.338 e. The fourth-order valence-electron chi connectivity index (χ4n) is 3.35. The molecule has 1 unspecified atom stereocenters. The third-order valence-electron chi connectivity index (χ3n) is 4.66. The van der Waals surface area contributed by atoms with Crippen molar-refractivity contribution in [1.29, 1.82) is 0 Å². The van der Waals surface area contributed by atoms with Crippen molar-refractivity contribution < 1.29 is 22.4 Å². The summed E-state index contributed by atoms with van der Waals surface area (Å²) >= 11 is 0. The number of hydrogen-bond acceptors (Lipinski definition) is 6. The molecule has 0 spiro atoms. The molecule has 1 aliphatic heterocycles. The number of rotatable bonds is 4. The molecular formula is C17H19N3O5S2. The summed E-state index contributed by atoms with van der Waals surface area (Å²) in [5, 5.41) is 0. The lowest BCUT2D eigenvalue weighted by Crippen LogP contribution is -2.29. The average Bonchev–Trinajstić information content (AvgIpc) is 3.11. The third-order valence-corrected chi connectivity index (χ3v) is 7.89. The van der Waals surface area contributed by atoms with Crippen LogP contribution in [0.15, 0.2) is 24.4 Å². The molecular weight excluding hydrogens is 390 g/mol. The fraction of sp³-hybridized carbons (Fsp3) is 0.294. The van der Waals surface area contributed by atoms with Gasteiger partial charge >= 0.3 is 10.2 Å². The summed E-state index contributed by atoms with van der Waals surface area (Å²) < 4.78 is 49.1. The normalized spacial score (nSPS) is 16.1. The van der Waals surface area contributed by atoms with Gasteiger partial charge in [-0.3, -0.25) is 4.98 Å². The van der Waals surface area contributed by atoms with Gasteiger partial charge in [-0.05, 0) is 36.7 Å². The summed E-state index contributed by atoms with van der Waals surface area (Å²) in [5.41, 5.74) is 3.42. The average molecular weight is 409 g/mol. The van der Waals surface area contributed by atoms with Crippen molar-refractivity contribution in [2.75, 3.05) is 14.2 Å². The van der Waals surface area contributed by atoms with Crippen LogP contribution in [0.25, 0.3) is 11.0 Å². The number of aryl methyl sites for hydroxylation is 1. The maximum Gasteiger partial charge on any atom is 0.338 e. The lowest BCUT2D eigenvalue weighted by Gasteiger charge is -2.18. The molecule has 2 aromatic heterocycles. The predicted molar refractivity (Wildman–Crippen MR) is 104 cm³/mol. The van der Waals surface area contributed by atoms with Gasteiger partial charge in [0, 0.05) is 23.4 Å². The van der Waals surface area contributed by atoms with Gasteiger partial charge < -0.3 is 14.0 Å². The lowest BCUT2D eigenvalue weighted by atomic mass is 10.1. The highest BCUT2D eigenvalue weighted by Gasteiger charge is 2.38. The van der Waals surface area contributed by atoms with Gasteiger partial charge in [0.15, 0.2) is 4.77 Å². The van der Waals surface area contributed by atoms with Crippen molar-refractivity contribution in [3.8, 4) is 11.5 Å². The van der Waals surface area contributed by atoms with E-state index in [0.29, 0.717) is 27.2 Å². The van der Waals surface area contributed by atoms with Crippen LogP contribution in [0.5, 0.6) is 11.5 Å². The molecule has 10 heteroatoms. The van der Waals surface area contributed by atoms with Crippen molar-refractivity contribution in [2.24, 2.45) is 0 Å². The molecule has 1 aliphatic rings. The first-order valence-corrected chi connectivity index (χ1v) is 10.9. The SMILES string of the molecule is COc1ccc2c(c1)n1c(=S(O)Cc3ncc(C)c(OC)c3C)n2S1(=O)=O. The summed E-state index contributed by atoms with van der Waals surface area (Å²) in [6.45, 7) is 3.78. The van der Waals surface area contributed by atoms with Gasteiger partial charge in [0.25, 0.3) is 0 Å². The van der Waals surface area contributed by atoms with Crippen LogP contribution in [0.4, 0.5) is 0 Å². The Morgan fingerprint density at radius 2 is 1.85 bits per heavy atom. The number of imidazole rings is 1. The van der Waals surface area contributed by atoms with E-state index >= 15 is 0 Å². The summed E-state index contributed by atoms with van der Waals surface area (Å²) in [6, 6.07) is 5.02. The van der Waals surface area contributed by atoms with Gasteiger partial charge in [0.1, 0.15) is 11.5 Å². The van der Waals surface area contributed by atoms with E-state index in [0.717, 1.165) is 16.9 Å². The molecule has 1 N–H and O–H groups in total. The predicted octanol–water partition coefficient (Wildman–Crippen LogP) is 2.90. The molecule has 0 saturated heterocycles. The number of ether oxygens (including phenoxy) is 2. The minimum absolute atomic E-state index is 0.200. The molecule has 4 rings (SSSR count). The van der Waals surface area contributed by atoms with E-state index in [2.05, 4.69) is 4.98 Å². The van der Waals surface area contributed by atoms with Crippen LogP contribution in [0, 0.1) is 18.6 Å². The van der Waals surface area contributed by atoms with Crippen LogP contribution in [-0.2, 0) is 16.0 Å². The quantitative estimate of drug-likeness (QED) is 0.521. The van der Waals surface area contributed by atoms with E-state index in [9.17, 15) is 13.0 Å². The molecule has 3 heterocycles. The molecule has 0 fully saturated rings. The first-order chi connectivity index (χ1) is 12.8. The minimum atomic E-state index is -3.65. The van der Waals surface area contributed by atoms with Crippen molar-refractivity contribution in [1.82, 2.24) is 12.9 Å². The van der Waals surface area contributed by atoms with Crippen LogP contribution in [0.2, 0.25) is 0 Å². The van der Waals surface area contributed by atoms with Crippen LogP contribution < -0.4 is 9.47 Å². The maximum atomic E-state index is 12.5. The standard InChI is InChI=1S/C17H19N3O5S2/c1-10-8-18-13(11(2)16(10)25-4)9-26(21)17-19-14-6-5-12(24-3)7-15(14)20(17)27(19,22)23/h5-8,21H,9H2,1-4H3. The molecule has 1 atom stereocenters. The Balaban J connectivity index is 1.91. The second kappa shape index (κ2) is 6.11. The zero-order chi connectivity index (χ0) is 19.5. The molecule has 0 aliphatic carbocycles. The van der Waals surface area contributed by atoms with Gasteiger partial charge in [-0.2, -0.15) is 16.4 Å². The monoisotopic (exact) mass is 409 g/mol. The van der Waals surface area contributed by atoms with Gasteiger partial charge in [-0.25, -0.2) is 0 Å². The van der Waals surface area contributed by atoms with E-state index in [4.69, 9.17) is 9.47 Å². The largest absolute Gasteiger partial charge is 0.497 e. The van der Waals surface area contributed by atoms with Crippen molar-refractivity contribution in [3.63, 3.8) is 0 Å². The van der Waals surface area contributed by atoms with E-state index in [1.807, 2.05) is 13.8 Å². The summed E-state index contributed by atoms with van der Waals surface area (Å²) in [7, 11) is -1.90. The fourth-order valence-corrected chi connectivity index (χ4v) is 7.10. The topological polar surface area (TPSA) is 95.6 Å². The molecule has 144 valence electrons. The number of nitrogens with zero attached hydrogens (tertiary/aromatic N) is 3. The Hall–Kier alpha value is -2.30. The lowest BCUT2D eigenvalue weighted by molar-refractivity contribution is 0.407. The highest BCUT2D eigenvalue weighted by Crippen LogP contribution is 2.38. The van der Waals surface area contributed by atoms with Crippen LogP contribution >= 0.6 is 10.8 Å². The number of hydrogen-bond donors (Lipinski definition) is 1. The van der Waals surface area contributed by atoms with Gasteiger partial charge in [0.2, 0.25) is 0 Å². The molecule has 8 nitrogen and oxygen atoms in total. The van der Waals surface area contributed by atoms with Gasteiger partial charge in [0.05, 0.1) is 36.7 Å². The van der Waals surface area contributed by atoms with Crippen LogP contribution in [0.1, 0.15) is 16.8 Å². The zero-order valence-corrected chi connectivity index (χ0v) is 16.9. The Bertz CT molecular complexity index is 1270. The molecule has 27 heavy (non-hydrogen) atoms. The van der Waals surface area contributed by atoms with E-state index in [1.165, 1.54) is 15.1 Å². The summed E-state index contributed by atoms with van der Waals surface area (Å²) in [5.74, 6) is 1.47. The molecule has 3 aromatic rings. The van der Waals surface area contributed by atoms with Crippen LogP contribution in [-0.4, -0.2) is 40.1 Å². The highest BCUT2D eigenvalue weighted by atomic mass is 32.2. The first-order valence-electron chi connectivity index (χ1n) is 8.11. The number of methoxy groups -OCH3 is 2. The Morgan fingerprint density at radius 3 is 2.52 bits per heavy atom. The molecule has 0 saturated carbocycles. The molecule has 2 bridgehead atoms. The van der Waals surface area contributed by atoms with Crippen LogP contribution in [0.3, 0.4) is 0 Å². The minimum Gasteiger partial charge on any atom is -0.497 e. The Morgan fingerprint density at radius 1 is 1.15 bits per heavy atom. The van der Waals surface area contributed by atoms with E-state index in [1.54, 1.807) is 31.5 Å². The summed E-state index contributed by atoms with van der Waals surface area (Å²) in [4.78, 5) is 4.40. The second-order valence-corrected chi connectivity index (χ2v) is 9.24. The number of aromatic nitrogens is 3. The van der Waals surface area contributed by atoms with Crippen molar-refractivity contribution in [3.05, 3.63) is 46.0 Å². The van der Waals surface area contributed by atoms with E-state index < -0.39 is 21.0 Å². The third kappa shape index (κ3) is 2.43. The zero-order valence-electron chi connectivity index (χ0n) is 15.3. The first kappa shape index (κ1) is 18.1. The number of pyridine rings is 1. The Kier molecular flexibility index (Phi) is 4.09. The van der Waals surface area contributed by atoms with Crippen molar-refractivity contribution in [2.45, 2.75) is 19.6 Å². The second-order valence-electron chi connectivity index (χ2n) is 6.23. The van der Waals surface area contributed by atoms with Crippen molar-refractivity contribution >= 4 is 32.0 Å². The molecule has 1 aromatic carbocycles. The number of benzene rings is 1. The number of fused-ring (bicyclic) bond motifs is 5. The van der Waals surface area contributed by atoms with Gasteiger partial charge in [-0.15, -0.1) is 0 Å². The summed E-state index contributed by atoms with van der Waals surface area (Å²) in [6.07, 6.45) is 1.69. The molecule has 0 radical (unpaired) electrons. The Labute approximate surface area is 158 Å². The highest BCUT2D eigenvalue weighted by molar-refractivity contribution is 8.04.